The van der Waals surface area contributed by atoms with Crippen LogP contribution in [0.5, 0.6) is 0 Å². The average molecular weight is 314 g/mol. The minimum Gasteiger partial charge on any atom is -0.323 e. The molecule has 100 valence electrons. The summed E-state index contributed by atoms with van der Waals surface area (Å²) in [6.45, 7) is 0. The van der Waals surface area contributed by atoms with Gasteiger partial charge in [-0.15, -0.1) is 0 Å². The van der Waals surface area contributed by atoms with Crippen molar-refractivity contribution < 1.29 is 4.21 Å². The highest BCUT2D eigenvalue weighted by Gasteiger charge is 2.17. The van der Waals surface area contributed by atoms with Gasteiger partial charge in [0.2, 0.25) is 0 Å². The lowest BCUT2D eigenvalue weighted by molar-refractivity contribution is 0.675. The van der Waals surface area contributed by atoms with Crippen molar-refractivity contribution >= 4 is 34.0 Å². The van der Waals surface area contributed by atoms with E-state index in [1.807, 2.05) is 30.3 Å². The molecule has 2 N–H and O–H groups in total. The molecule has 5 heteroatoms. The van der Waals surface area contributed by atoms with Crippen LogP contribution in [0.3, 0.4) is 0 Å². The van der Waals surface area contributed by atoms with Crippen LogP contribution in [0.4, 0.5) is 0 Å². The lowest BCUT2D eigenvalue weighted by Gasteiger charge is -2.13. The van der Waals surface area contributed by atoms with E-state index in [9.17, 15) is 4.21 Å². The quantitative estimate of drug-likeness (QED) is 0.933. The monoisotopic (exact) mass is 313 g/mol. The molecule has 0 bridgehead atoms. The first-order valence-electron chi connectivity index (χ1n) is 5.72. The van der Waals surface area contributed by atoms with Gasteiger partial charge in [0.15, 0.2) is 0 Å². The van der Waals surface area contributed by atoms with Crippen molar-refractivity contribution in [3.63, 3.8) is 0 Å². The van der Waals surface area contributed by atoms with Crippen molar-refractivity contribution in [3.8, 4) is 0 Å². The van der Waals surface area contributed by atoms with E-state index >= 15 is 0 Å². The summed E-state index contributed by atoms with van der Waals surface area (Å²) in [5, 5.41) is 0.817. The van der Waals surface area contributed by atoms with Gasteiger partial charge in [0.25, 0.3) is 0 Å². The summed E-state index contributed by atoms with van der Waals surface area (Å²) >= 11 is 12.1. The highest BCUT2D eigenvalue weighted by molar-refractivity contribution is 7.85. The third-order valence-corrected chi connectivity index (χ3v) is 5.12. The maximum Gasteiger partial charge on any atom is 0.0761 e. The normalized spacial score (nSPS) is 14.1. The molecule has 0 spiro atoms. The molecule has 0 fully saturated rings. The molecule has 0 heterocycles. The van der Waals surface area contributed by atoms with E-state index in [2.05, 4.69) is 0 Å². The van der Waals surface area contributed by atoms with Crippen LogP contribution in [-0.2, 0) is 10.8 Å². The van der Waals surface area contributed by atoms with Crippen molar-refractivity contribution in [1.82, 2.24) is 0 Å². The molecule has 2 rings (SSSR count). The predicted octanol–water partition coefficient (Wildman–Crippen LogP) is 3.80. The molecular weight excluding hydrogens is 301 g/mol. The van der Waals surface area contributed by atoms with E-state index in [1.165, 1.54) is 0 Å². The van der Waals surface area contributed by atoms with Crippen LogP contribution in [0, 0.1) is 0 Å². The smallest absolute Gasteiger partial charge is 0.0761 e. The number of benzene rings is 2. The molecule has 0 aliphatic heterocycles. The van der Waals surface area contributed by atoms with E-state index in [0.717, 1.165) is 5.56 Å². The van der Waals surface area contributed by atoms with Crippen LogP contribution in [0.1, 0.15) is 11.6 Å². The maximum absolute atomic E-state index is 12.3. The molecule has 2 aromatic carbocycles. The van der Waals surface area contributed by atoms with Gasteiger partial charge in [0, 0.05) is 11.8 Å². The summed E-state index contributed by atoms with van der Waals surface area (Å²) in [5.74, 6) is 0.285. The summed E-state index contributed by atoms with van der Waals surface area (Å²) in [6, 6.07) is 14.3. The molecule has 0 saturated carbocycles. The molecule has 2 aromatic rings. The Hall–Kier alpha value is -0.870. The molecule has 0 amide bonds. The van der Waals surface area contributed by atoms with Gasteiger partial charge >= 0.3 is 0 Å². The summed E-state index contributed by atoms with van der Waals surface area (Å²) in [6.07, 6.45) is 0. The number of halogens is 2. The Balaban J connectivity index is 2.18. The fourth-order valence-electron chi connectivity index (χ4n) is 1.74. The summed E-state index contributed by atoms with van der Waals surface area (Å²) < 4.78 is 12.3. The number of nitrogens with two attached hydrogens (primary N) is 1. The van der Waals surface area contributed by atoms with Gasteiger partial charge in [-0.3, -0.25) is 4.21 Å². The van der Waals surface area contributed by atoms with Gasteiger partial charge in [-0.05, 0) is 17.7 Å². The Kier molecular flexibility index (Phi) is 4.99. The summed E-state index contributed by atoms with van der Waals surface area (Å²) in [5.41, 5.74) is 7.00. The molecule has 19 heavy (non-hydrogen) atoms. The van der Waals surface area contributed by atoms with Crippen molar-refractivity contribution in [2.24, 2.45) is 5.73 Å². The zero-order chi connectivity index (χ0) is 13.8. The van der Waals surface area contributed by atoms with Crippen LogP contribution in [0.15, 0.2) is 53.4 Å². The van der Waals surface area contributed by atoms with Gasteiger partial charge < -0.3 is 5.73 Å². The Bertz CT molecular complexity index is 569. The highest BCUT2D eigenvalue weighted by atomic mass is 35.5. The molecule has 0 aromatic heterocycles. The fraction of sp³-hybridized carbons (Fsp3) is 0.143. The fourth-order valence-corrected chi connectivity index (χ4v) is 3.91. The second kappa shape index (κ2) is 6.53. The minimum absolute atomic E-state index is 0.285. The molecule has 2 nitrogen and oxygen atoms in total. The first-order valence-corrected chi connectivity index (χ1v) is 7.80. The van der Waals surface area contributed by atoms with Crippen LogP contribution in [-0.4, -0.2) is 9.96 Å². The van der Waals surface area contributed by atoms with Gasteiger partial charge in [0.1, 0.15) is 0 Å². The van der Waals surface area contributed by atoms with E-state index in [0.29, 0.717) is 14.9 Å². The zero-order valence-corrected chi connectivity index (χ0v) is 12.4. The zero-order valence-electron chi connectivity index (χ0n) is 10.1. The molecular formula is C14H13Cl2NOS. The van der Waals surface area contributed by atoms with Crippen molar-refractivity contribution in [1.29, 1.82) is 0 Å². The third-order valence-electron chi connectivity index (χ3n) is 2.71. The summed E-state index contributed by atoms with van der Waals surface area (Å²) in [4.78, 5) is 0.456. The second-order valence-electron chi connectivity index (χ2n) is 4.08. The molecule has 0 radical (unpaired) electrons. The lowest BCUT2D eigenvalue weighted by Crippen LogP contribution is -2.18. The van der Waals surface area contributed by atoms with Crippen LogP contribution in [0.25, 0.3) is 0 Å². The number of hydrogen-bond donors (Lipinski definition) is 1. The SMILES string of the molecule is NC(CS(=O)c1c(Cl)cccc1Cl)c1ccccc1. The maximum atomic E-state index is 12.3. The van der Waals surface area contributed by atoms with Crippen molar-refractivity contribution in [2.75, 3.05) is 5.75 Å². The Morgan fingerprint density at radius 2 is 1.58 bits per heavy atom. The van der Waals surface area contributed by atoms with Gasteiger partial charge in [-0.2, -0.15) is 0 Å². The second-order valence-corrected chi connectivity index (χ2v) is 6.33. The topological polar surface area (TPSA) is 43.1 Å². The number of rotatable bonds is 4. The molecule has 2 unspecified atom stereocenters. The Labute approximate surface area is 125 Å². The van der Waals surface area contributed by atoms with E-state index in [4.69, 9.17) is 28.9 Å². The highest BCUT2D eigenvalue weighted by Crippen LogP contribution is 2.29. The largest absolute Gasteiger partial charge is 0.323 e. The molecule has 0 aliphatic carbocycles. The van der Waals surface area contributed by atoms with E-state index in [1.54, 1.807) is 18.2 Å². The standard InChI is InChI=1S/C14H13Cl2NOS/c15-11-7-4-8-12(16)14(11)19(18)9-13(17)10-5-2-1-3-6-10/h1-8,13H,9,17H2. The van der Waals surface area contributed by atoms with Gasteiger partial charge in [-0.1, -0.05) is 59.6 Å². The first-order chi connectivity index (χ1) is 9.09. The molecule has 0 saturated heterocycles. The van der Waals surface area contributed by atoms with Gasteiger partial charge in [-0.25, -0.2) is 0 Å². The Morgan fingerprint density at radius 1 is 1.00 bits per heavy atom. The van der Waals surface area contributed by atoms with Crippen LogP contribution >= 0.6 is 23.2 Å². The average Bonchev–Trinajstić information content (AvgIpc) is 2.39. The van der Waals surface area contributed by atoms with E-state index in [-0.39, 0.29) is 11.8 Å². The predicted molar refractivity (Wildman–Crippen MR) is 81.1 cm³/mol. The Morgan fingerprint density at radius 3 is 2.16 bits per heavy atom. The molecule has 0 aliphatic rings. The number of hydrogen-bond acceptors (Lipinski definition) is 2. The van der Waals surface area contributed by atoms with Crippen molar-refractivity contribution in [2.45, 2.75) is 10.9 Å². The lowest BCUT2D eigenvalue weighted by atomic mass is 10.1. The molecule has 2 atom stereocenters. The minimum atomic E-state index is -1.33. The van der Waals surface area contributed by atoms with Crippen molar-refractivity contribution in [3.05, 3.63) is 64.1 Å². The van der Waals surface area contributed by atoms with E-state index < -0.39 is 10.8 Å². The third kappa shape index (κ3) is 3.57. The summed E-state index contributed by atoms with van der Waals surface area (Å²) in [7, 11) is -1.33. The van der Waals surface area contributed by atoms with Gasteiger partial charge in [0.05, 0.1) is 25.7 Å². The van der Waals surface area contributed by atoms with Crippen LogP contribution in [0.2, 0.25) is 10.0 Å². The van der Waals surface area contributed by atoms with Crippen LogP contribution < -0.4 is 5.73 Å². The first kappa shape index (κ1) is 14.5.